The van der Waals surface area contributed by atoms with E-state index in [1.165, 1.54) is 11.0 Å². The van der Waals surface area contributed by atoms with Crippen molar-refractivity contribution >= 4 is 12.5 Å². The summed E-state index contributed by atoms with van der Waals surface area (Å²) in [4.78, 5) is 0. The summed E-state index contributed by atoms with van der Waals surface area (Å²) in [6.07, 6.45) is 0.122. The van der Waals surface area contributed by atoms with E-state index < -0.39 is 0 Å². The van der Waals surface area contributed by atoms with E-state index in [1.54, 1.807) is 0 Å². The third-order valence-electron chi connectivity index (χ3n) is 3.38. The topological polar surface area (TPSA) is 21.3 Å². The Hall–Kier alpha value is -1.58. The third-order valence-corrected chi connectivity index (χ3v) is 3.38. The highest BCUT2D eigenvalue weighted by Crippen LogP contribution is 2.26. The Labute approximate surface area is 108 Å². The number of rotatable bonds is 2. The summed E-state index contributed by atoms with van der Waals surface area (Å²) in [6.45, 7) is 2.17. The van der Waals surface area contributed by atoms with Crippen LogP contribution in [0.2, 0.25) is 0 Å². The highest BCUT2D eigenvalue weighted by atomic mass is 16.5. The molecule has 2 nitrogen and oxygen atoms in total. The Morgan fingerprint density at radius 2 is 1.56 bits per heavy atom. The molecule has 90 valence electrons. The van der Waals surface area contributed by atoms with Crippen LogP contribution in [0.25, 0.3) is 0 Å². The van der Waals surface area contributed by atoms with Gasteiger partial charge in [0, 0.05) is 6.04 Å². The average molecular weight is 237 g/mol. The molecule has 0 radical (unpaired) electrons. The quantitative estimate of drug-likeness (QED) is 0.808. The Balaban J connectivity index is 1.81. The van der Waals surface area contributed by atoms with Crippen LogP contribution in [0.3, 0.4) is 0 Å². The smallest absolute Gasteiger partial charge is 0.409 e. The largest absolute Gasteiger partial charge is 0.416 e. The van der Waals surface area contributed by atoms with Crippen molar-refractivity contribution in [2.75, 3.05) is 0 Å². The van der Waals surface area contributed by atoms with E-state index in [9.17, 15) is 0 Å². The van der Waals surface area contributed by atoms with E-state index in [0.29, 0.717) is 6.04 Å². The molecule has 1 aliphatic rings. The number of hydrogen-bond acceptors (Lipinski definition) is 2. The molecule has 2 atom stereocenters. The Kier molecular flexibility index (Phi) is 3.18. The molecule has 2 aromatic carbocycles. The first-order valence-electron chi connectivity index (χ1n) is 6.36. The zero-order valence-electron chi connectivity index (χ0n) is 10.4. The predicted octanol–water partition coefficient (Wildman–Crippen LogP) is 2.13. The maximum Gasteiger partial charge on any atom is 0.416 e. The Morgan fingerprint density at radius 3 is 2.22 bits per heavy atom. The molecule has 1 fully saturated rings. The molecule has 1 heterocycles. The third kappa shape index (κ3) is 2.19. The van der Waals surface area contributed by atoms with Crippen LogP contribution in [0, 0.1) is 0 Å². The van der Waals surface area contributed by atoms with Gasteiger partial charge in [0.1, 0.15) is 0 Å². The lowest BCUT2D eigenvalue weighted by atomic mass is 9.74. The van der Waals surface area contributed by atoms with Crippen LogP contribution in [0.15, 0.2) is 60.7 Å². The van der Waals surface area contributed by atoms with Gasteiger partial charge in [0.15, 0.2) is 0 Å². The van der Waals surface area contributed by atoms with Gasteiger partial charge in [0.05, 0.1) is 6.10 Å². The molecular formula is C15H16BNO. The molecule has 0 spiro atoms. The lowest BCUT2D eigenvalue weighted by molar-refractivity contribution is 0.223. The number of benzene rings is 2. The minimum Gasteiger partial charge on any atom is -0.409 e. The van der Waals surface area contributed by atoms with Crippen molar-refractivity contribution in [3.63, 3.8) is 0 Å². The fourth-order valence-corrected chi connectivity index (χ4v) is 2.44. The summed E-state index contributed by atoms with van der Waals surface area (Å²) >= 11 is 0. The van der Waals surface area contributed by atoms with Crippen LogP contribution < -0.4 is 10.7 Å². The predicted molar refractivity (Wildman–Crippen MR) is 74.7 cm³/mol. The second-order valence-electron chi connectivity index (χ2n) is 4.71. The fourth-order valence-electron chi connectivity index (χ4n) is 2.44. The first kappa shape index (κ1) is 11.5. The molecule has 1 N–H and O–H groups in total. The fraction of sp³-hybridized carbons (Fsp3) is 0.200. The average Bonchev–Trinajstić information content (AvgIpc) is 2.83. The van der Waals surface area contributed by atoms with Crippen molar-refractivity contribution in [3.8, 4) is 0 Å². The van der Waals surface area contributed by atoms with E-state index in [-0.39, 0.29) is 13.2 Å². The summed E-state index contributed by atoms with van der Waals surface area (Å²) < 4.78 is 6.13. The molecule has 0 saturated carbocycles. The zero-order chi connectivity index (χ0) is 12.4. The molecule has 2 unspecified atom stereocenters. The number of nitrogens with one attached hydrogen (secondary N) is 1. The lowest BCUT2D eigenvalue weighted by Crippen LogP contribution is -2.43. The highest BCUT2D eigenvalue weighted by molar-refractivity contribution is 6.65. The van der Waals surface area contributed by atoms with E-state index in [0.717, 1.165) is 0 Å². The van der Waals surface area contributed by atoms with Crippen molar-refractivity contribution in [2.45, 2.75) is 19.1 Å². The molecule has 0 aliphatic carbocycles. The van der Waals surface area contributed by atoms with E-state index >= 15 is 0 Å². The van der Waals surface area contributed by atoms with Crippen LogP contribution in [-0.2, 0) is 4.65 Å². The monoisotopic (exact) mass is 237 g/mol. The lowest BCUT2D eigenvalue weighted by Gasteiger charge is -2.15. The molecular weight excluding hydrogens is 221 g/mol. The second kappa shape index (κ2) is 4.97. The molecule has 1 aliphatic heterocycles. The summed E-state index contributed by atoms with van der Waals surface area (Å²) in [5.74, 6) is 0. The van der Waals surface area contributed by atoms with E-state index in [4.69, 9.17) is 4.65 Å². The van der Waals surface area contributed by atoms with Gasteiger partial charge >= 0.3 is 7.05 Å². The first-order valence-corrected chi connectivity index (χ1v) is 6.36. The number of hydrogen-bond donors (Lipinski definition) is 1. The maximum atomic E-state index is 6.13. The maximum absolute atomic E-state index is 6.13. The highest BCUT2D eigenvalue weighted by Gasteiger charge is 2.36. The van der Waals surface area contributed by atoms with Gasteiger partial charge in [-0.3, -0.25) is 0 Å². The normalized spacial score (nSPS) is 23.3. The van der Waals surface area contributed by atoms with E-state index in [1.807, 2.05) is 24.3 Å². The Bertz CT molecular complexity index is 502. The van der Waals surface area contributed by atoms with Gasteiger partial charge in [0.2, 0.25) is 0 Å². The van der Waals surface area contributed by atoms with Crippen LogP contribution >= 0.6 is 0 Å². The second-order valence-corrected chi connectivity index (χ2v) is 4.71. The van der Waals surface area contributed by atoms with Gasteiger partial charge in [0.25, 0.3) is 0 Å². The summed E-state index contributed by atoms with van der Waals surface area (Å²) in [5.41, 5.74) is 2.42. The van der Waals surface area contributed by atoms with Gasteiger partial charge < -0.3 is 9.88 Å². The van der Waals surface area contributed by atoms with Crippen LogP contribution in [0.5, 0.6) is 0 Å². The summed E-state index contributed by atoms with van der Waals surface area (Å²) in [6, 6.07) is 21.0. The molecule has 0 bridgehead atoms. The van der Waals surface area contributed by atoms with Crippen molar-refractivity contribution in [1.29, 1.82) is 0 Å². The Morgan fingerprint density at radius 1 is 0.944 bits per heavy atom. The minimum atomic E-state index is -0.00796. The summed E-state index contributed by atoms with van der Waals surface area (Å²) in [5, 5.41) is 3.50. The molecule has 3 heteroatoms. The van der Waals surface area contributed by atoms with Crippen LogP contribution in [-0.4, -0.2) is 13.1 Å². The molecule has 18 heavy (non-hydrogen) atoms. The first-order chi connectivity index (χ1) is 8.84. The standard InChI is InChI=1S/C15H16BNO/c1-12-15(13-8-4-2-5-9-13)18-16(17-12)14-10-6-3-7-11-14/h2-12,15,17H,1H3. The van der Waals surface area contributed by atoms with Gasteiger partial charge in [-0.2, -0.15) is 0 Å². The van der Waals surface area contributed by atoms with Crippen molar-refractivity contribution in [2.24, 2.45) is 0 Å². The van der Waals surface area contributed by atoms with Crippen LogP contribution in [0.1, 0.15) is 18.6 Å². The molecule has 1 saturated heterocycles. The van der Waals surface area contributed by atoms with Crippen molar-refractivity contribution in [3.05, 3.63) is 66.2 Å². The minimum absolute atomic E-state index is 0.00796. The zero-order valence-corrected chi connectivity index (χ0v) is 10.4. The molecule has 2 aromatic rings. The van der Waals surface area contributed by atoms with Crippen molar-refractivity contribution in [1.82, 2.24) is 5.23 Å². The summed E-state index contributed by atoms with van der Waals surface area (Å²) in [7, 11) is -0.00796. The molecule has 0 amide bonds. The molecule has 0 aromatic heterocycles. The van der Waals surface area contributed by atoms with E-state index in [2.05, 4.69) is 48.5 Å². The van der Waals surface area contributed by atoms with Crippen LogP contribution in [0.4, 0.5) is 0 Å². The van der Waals surface area contributed by atoms with Crippen molar-refractivity contribution < 1.29 is 4.65 Å². The van der Waals surface area contributed by atoms with Gasteiger partial charge in [-0.05, 0) is 17.9 Å². The molecule has 3 rings (SSSR count). The van der Waals surface area contributed by atoms with Gasteiger partial charge in [-0.15, -0.1) is 0 Å². The van der Waals surface area contributed by atoms with Gasteiger partial charge in [-0.1, -0.05) is 60.7 Å². The van der Waals surface area contributed by atoms with Gasteiger partial charge in [-0.25, -0.2) is 0 Å². The SMILES string of the molecule is CC1NB(c2ccccc2)OC1c1ccccc1.